The molecule has 0 atom stereocenters. The molecule has 0 spiro atoms. The standard InChI is InChI=1S/C6H10O2.C3H9N.H2O4S/c1-3-5-8-6(7)4-2;1-4(2)3;1-5(2,3)4/h4H,2-3,5H2,1H3;1-3H3;(H2,1,2,3,4). The van der Waals surface area contributed by atoms with E-state index in [1.807, 2.05) is 33.0 Å². The fraction of sp³-hybridized carbons (Fsp3) is 0.667. The van der Waals surface area contributed by atoms with Crippen LogP contribution < -0.4 is 0 Å². The highest BCUT2D eigenvalue weighted by molar-refractivity contribution is 7.79. The van der Waals surface area contributed by atoms with E-state index in [1.165, 1.54) is 0 Å². The second kappa shape index (κ2) is 13.1. The van der Waals surface area contributed by atoms with E-state index in [0.29, 0.717) is 6.61 Å². The number of hydrogen-bond acceptors (Lipinski definition) is 5. The van der Waals surface area contributed by atoms with Crippen LogP contribution in [0.1, 0.15) is 13.3 Å². The molecule has 7 nitrogen and oxygen atoms in total. The fourth-order valence-electron chi connectivity index (χ4n) is 0.262. The summed E-state index contributed by atoms with van der Waals surface area (Å²) in [6.45, 7) is 5.67. The van der Waals surface area contributed by atoms with Gasteiger partial charge in [-0.2, -0.15) is 8.42 Å². The average Bonchev–Trinajstić information content (AvgIpc) is 2.10. The molecule has 0 aliphatic heterocycles. The summed E-state index contributed by atoms with van der Waals surface area (Å²) < 4.78 is 36.2. The Hall–Kier alpha value is -0.960. The Morgan fingerprint density at radius 1 is 1.35 bits per heavy atom. The first-order chi connectivity index (χ1) is 7.54. The third kappa shape index (κ3) is 101. The van der Waals surface area contributed by atoms with Gasteiger partial charge in [0, 0.05) is 6.08 Å². The lowest BCUT2D eigenvalue weighted by Gasteiger charge is -1.94. The smallest absolute Gasteiger partial charge is 0.394 e. The van der Waals surface area contributed by atoms with Crippen LogP contribution >= 0.6 is 0 Å². The summed E-state index contributed by atoms with van der Waals surface area (Å²) in [5, 5.41) is 0. The molecule has 0 amide bonds. The molecular weight excluding hydrogens is 250 g/mol. The van der Waals surface area contributed by atoms with Gasteiger partial charge in [0.25, 0.3) is 0 Å². The summed E-state index contributed by atoms with van der Waals surface area (Å²) in [5.74, 6) is -0.341. The van der Waals surface area contributed by atoms with Gasteiger partial charge in [0.05, 0.1) is 6.61 Å². The second-order valence-electron chi connectivity index (χ2n) is 3.16. The molecule has 0 saturated heterocycles. The molecule has 104 valence electrons. The fourth-order valence-corrected chi connectivity index (χ4v) is 0.262. The van der Waals surface area contributed by atoms with Crippen molar-refractivity contribution in [3.05, 3.63) is 12.7 Å². The van der Waals surface area contributed by atoms with Gasteiger partial charge in [-0.25, -0.2) is 4.79 Å². The van der Waals surface area contributed by atoms with E-state index in [2.05, 4.69) is 11.3 Å². The zero-order valence-electron chi connectivity index (χ0n) is 10.6. The highest BCUT2D eigenvalue weighted by Gasteiger charge is 1.89. The highest BCUT2D eigenvalue weighted by Crippen LogP contribution is 1.81. The molecule has 8 heteroatoms. The first-order valence-corrected chi connectivity index (χ1v) is 6.04. The zero-order valence-corrected chi connectivity index (χ0v) is 11.4. The number of esters is 1. The van der Waals surface area contributed by atoms with Crippen LogP contribution in [-0.2, 0) is 19.9 Å². The van der Waals surface area contributed by atoms with E-state index in [1.54, 1.807) is 0 Å². The Morgan fingerprint density at radius 2 is 1.65 bits per heavy atom. The van der Waals surface area contributed by atoms with Gasteiger partial charge in [0.15, 0.2) is 0 Å². The lowest BCUT2D eigenvalue weighted by atomic mass is 10.5. The predicted molar refractivity (Wildman–Crippen MR) is 65.2 cm³/mol. The Morgan fingerprint density at radius 3 is 1.82 bits per heavy atom. The lowest BCUT2D eigenvalue weighted by Crippen LogP contribution is -1.99. The molecule has 0 aromatic rings. The summed E-state index contributed by atoms with van der Waals surface area (Å²) in [7, 11) is 1.33. The maximum Gasteiger partial charge on any atom is 0.394 e. The minimum atomic E-state index is -4.67. The van der Waals surface area contributed by atoms with Crippen LogP contribution in [0.4, 0.5) is 0 Å². The van der Waals surface area contributed by atoms with Crippen molar-refractivity contribution in [2.24, 2.45) is 0 Å². The Bertz CT molecular complexity index is 275. The Labute approximate surface area is 103 Å². The molecule has 0 aliphatic carbocycles. The zero-order chi connectivity index (χ0) is 14.5. The summed E-state index contributed by atoms with van der Waals surface area (Å²) in [5.41, 5.74) is 0. The van der Waals surface area contributed by atoms with Gasteiger partial charge in [0.1, 0.15) is 0 Å². The molecule has 0 unspecified atom stereocenters. The van der Waals surface area contributed by atoms with E-state index >= 15 is 0 Å². The predicted octanol–water partition coefficient (Wildman–Crippen LogP) is 0.651. The van der Waals surface area contributed by atoms with Gasteiger partial charge in [-0.1, -0.05) is 13.5 Å². The van der Waals surface area contributed by atoms with Crippen molar-refractivity contribution in [2.45, 2.75) is 13.3 Å². The third-order valence-corrected chi connectivity index (χ3v) is 0.615. The van der Waals surface area contributed by atoms with Crippen molar-refractivity contribution < 1.29 is 27.1 Å². The SMILES string of the molecule is C=CC(=O)OCCC.CN(C)C.O=S(=O)(O)O. The second-order valence-corrected chi connectivity index (χ2v) is 4.06. The van der Waals surface area contributed by atoms with Crippen molar-refractivity contribution in [1.82, 2.24) is 4.90 Å². The van der Waals surface area contributed by atoms with Crippen LogP contribution in [-0.4, -0.2) is 56.1 Å². The number of carbonyl (C=O) groups is 1. The van der Waals surface area contributed by atoms with Crippen LogP contribution in [0.15, 0.2) is 12.7 Å². The molecule has 0 aliphatic rings. The van der Waals surface area contributed by atoms with E-state index in [0.717, 1.165) is 12.5 Å². The van der Waals surface area contributed by atoms with Crippen LogP contribution in [0.5, 0.6) is 0 Å². The van der Waals surface area contributed by atoms with Crippen molar-refractivity contribution in [2.75, 3.05) is 27.7 Å². The number of hydrogen-bond donors (Lipinski definition) is 2. The summed E-state index contributed by atoms with van der Waals surface area (Å²) in [6, 6.07) is 0. The molecule has 0 aromatic carbocycles. The number of carbonyl (C=O) groups excluding carboxylic acids is 1. The molecule has 0 heterocycles. The third-order valence-electron chi connectivity index (χ3n) is 0.615. The molecule has 0 fully saturated rings. The van der Waals surface area contributed by atoms with E-state index in [4.69, 9.17) is 17.5 Å². The monoisotopic (exact) mass is 271 g/mol. The number of rotatable bonds is 3. The molecular formula is C9H21NO6S. The van der Waals surface area contributed by atoms with E-state index in [9.17, 15) is 4.79 Å². The Balaban J connectivity index is -0.000000188. The van der Waals surface area contributed by atoms with Gasteiger partial charge >= 0.3 is 16.4 Å². The van der Waals surface area contributed by atoms with Gasteiger partial charge in [-0.15, -0.1) is 0 Å². The molecule has 0 rings (SSSR count). The van der Waals surface area contributed by atoms with E-state index < -0.39 is 10.4 Å². The summed E-state index contributed by atoms with van der Waals surface area (Å²) >= 11 is 0. The summed E-state index contributed by atoms with van der Waals surface area (Å²) in [4.78, 5) is 12.2. The lowest BCUT2D eigenvalue weighted by molar-refractivity contribution is -0.137. The first-order valence-electron chi connectivity index (χ1n) is 4.64. The van der Waals surface area contributed by atoms with Gasteiger partial charge in [-0.3, -0.25) is 9.11 Å². The Kier molecular flexibility index (Phi) is 16.5. The van der Waals surface area contributed by atoms with Crippen LogP contribution in [0.25, 0.3) is 0 Å². The largest absolute Gasteiger partial charge is 0.463 e. The average molecular weight is 271 g/mol. The van der Waals surface area contributed by atoms with E-state index in [-0.39, 0.29) is 5.97 Å². The minimum Gasteiger partial charge on any atom is -0.463 e. The number of ether oxygens (including phenoxy) is 1. The molecule has 0 bridgehead atoms. The van der Waals surface area contributed by atoms with Gasteiger partial charge < -0.3 is 9.64 Å². The van der Waals surface area contributed by atoms with Gasteiger partial charge in [0.2, 0.25) is 0 Å². The highest BCUT2D eigenvalue weighted by atomic mass is 32.3. The first kappa shape index (κ1) is 21.3. The minimum absolute atomic E-state index is 0.341. The number of nitrogens with zero attached hydrogens (tertiary/aromatic N) is 1. The van der Waals surface area contributed by atoms with Crippen molar-refractivity contribution in [3.63, 3.8) is 0 Å². The normalized spacial score (nSPS) is 9.35. The van der Waals surface area contributed by atoms with Crippen LogP contribution in [0.2, 0.25) is 0 Å². The maximum absolute atomic E-state index is 10.2. The van der Waals surface area contributed by atoms with Crippen molar-refractivity contribution in [1.29, 1.82) is 0 Å². The molecule has 17 heavy (non-hydrogen) atoms. The van der Waals surface area contributed by atoms with Gasteiger partial charge in [-0.05, 0) is 27.6 Å². The van der Waals surface area contributed by atoms with Crippen molar-refractivity contribution in [3.8, 4) is 0 Å². The maximum atomic E-state index is 10.2. The van der Waals surface area contributed by atoms with Crippen LogP contribution in [0, 0.1) is 0 Å². The van der Waals surface area contributed by atoms with Crippen LogP contribution in [0.3, 0.4) is 0 Å². The topological polar surface area (TPSA) is 104 Å². The summed E-state index contributed by atoms with van der Waals surface area (Å²) in [6.07, 6.45) is 2.02. The quantitative estimate of drug-likeness (QED) is 0.441. The molecule has 0 aromatic heterocycles. The molecule has 2 N–H and O–H groups in total. The molecule has 0 saturated carbocycles. The molecule has 0 radical (unpaired) electrons. The van der Waals surface area contributed by atoms with Crippen molar-refractivity contribution >= 4 is 16.4 Å².